The topological polar surface area (TPSA) is 43.4 Å². The van der Waals surface area contributed by atoms with Crippen LogP contribution in [0.4, 0.5) is 0 Å². The molecule has 0 bridgehead atoms. The second kappa shape index (κ2) is 5.89. The van der Waals surface area contributed by atoms with Gasteiger partial charge in [-0.25, -0.2) is 0 Å². The molecule has 3 heteroatoms. The maximum absolute atomic E-state index is 10.4. The Kier molecular flexibility index (Phi) is 5.43. The maximum Gasteiger partial charge on any atom is 0.302 e. The number of unbranched alkanes of at least 4 members (excludes halogenated alkanes) is 1. The minimum absolute atomic E-state index is 0.0628. The lowest BCUT2D eigenvalue weighted by molar-refractivity contribution is -0.141. The lowest BCUT2D eigenvalue weighted by Gasteiger charge is -1.99. The summed E-state index contributed by atoms with van der Waals surface area (Å²) in [5.41, 5.74) is 0. The minimum atomic E-state index is -0.271. The smallest absolute Gasteiger partial charge is 0.302 e. The Labute approximate surface area is 66.7 Å². The second-order valence-electron chi connectivity index (χ2n) is 2.30. The van der Waals surface area contributed by atoms with Gasteiger partial charge in [-0.05, 0) is 19.8 Å². The molecule has 0 aromatic rings. The molecule has 0 saturated carbocycles. The van der Waals surface area contributed by atoms with Gasteiger partial charge in [0.25, 0.3) is 0 Å². The SMILES string of the molecule is CC(=O)[CH]CCCOC(C)=O. The Morgan fingerprint density at radius 2 is 2.00 bits per heavy atom. The molecule has 0 saturated heterocycles. The second-order valence-corrected chi connectivity index (χ2v) is 2.30. The van der Waals surface area contributed by atoms with Crippen LogP contribution in [0.25, 0.3) is 0 Å². The number of Topliss-reactive ketones (excluding diaryl/α,β-unsaturated/α-hetero) is 1. The zero-order valence-electron chi connectivity index (χ0n) is 6.92. The summed E-state index contributed by atoms with van der Waals surface area (Å²) in [6.45, 7) is 3.28. The van der Waals surface area contributed by atoms with Crippen LogP contribution in [-0.2, 0) is 14.3 Å². The predicted octanol–water partition coefficient (Wildman–Crippen LogP) is 1.12. The molecule has 3 nitrogen and oxygen atoms in total. The third kappa shape index (κ3) is 9.14. The zero-order valence-corrected chi connectivity index (χ0v) is 6.92. The van der Waals surface area contributed by atoms with Gasteiger partial charge in [0.15, 0.2) is 0 Å². The third-order valence-electron chi connectivity index (χ3n) is 1.09. The van der Waals surface area contributed by atoms with Crippen molar-refractivity contribution in [1.82, 2.24) is 0 Å². The number of carbonyl (C=O) groups excluding carboxylic acids is 2. The van der Waals surface area contributed by atoms with Gasteiger partial charge in [-0.2, -0.15) is 0 Å². The summed E-state index contributed by atoms with van der Waals surface area (Å²) in [6.07, 6.45) is 2.99. The Morgan fingerprint density at radius 1 is 1.36 bits per heavy atom. The van der Waals surface area contributed by atoms with Crippen molar-refractivity contribution in [3.8, 4) is 0 Å². The van der Waals surface area contributed by atoms with Crippen LogP contribution in [0.5, 0.6) is 0 Å². The maximum atomic E-state index is 10.4. The number of hydrogen-bond acceptors (Lipinski definition) is 3. The molecule has 11 heavy (non-hydrogen) atoms. The van der Waals surface area contributed by atoms with Crippen LogP contribution in [0.2, 0.25) is 0 Å². The standard InChI is InChI=1S/C8H13O3/c1-7(9)5-3-4-6-11-8(2)10/h5H,3-4,6H2,1-2H3. The first kappa shape index (κ1) is 10.1. The van der Waals surface area contributed by atoms with Crippen LogP contribution in [0.3, 0.4) is 0 Å². The van der Waals surface area contributed by atoms with E-state index in [9.17, 15) is 9.59 Å². The molecule has 0 fully saturated rings. The largest absolute Gasteiger partial charge is 0.466 e. The highest BCUT2D eigenvalue weighted by atomic mass is 16.5. The molecule has 0 unspecified atom stereocenters. The van der Waals surface area contributed by atoms with Gasteiger partial charge in [-0.15, -0.1) is 0 Å². The van der Waals surface area contributed by atoms with Crippen LogP contribution in [0.15, 0.2) is 0 Å². The Balaban J connectivity index is 3.03. The summed E-state index contributed by atoms with van der Waals surface area (Å²) in [7, 11) is 0. The van der Waals surface area contributed by atoms with Gasteiger partial charge in [-0.3, -0.25) is 9.59 Å². The van der Waals surface area contributed by atoms with E-state index in [4.69, 9.17) is 0 Å². The molecule has 0 aliphatic rings. The van der Waals surface area contributed by atoms with Crippen LogP contribution in [0.1, 0.15) is 26.7 Å². The van der Waals surface area contributed by atoms with Crippen LogP contribution >= 0.6 is 0 Å². The monoisotopic (exact) mass is 157 g/mol. The van der Waals surface area contributed by atoms with Crippen molar-refractivity contribution in [3.05, 3.63) is 6.42 Å². The van der Waals surface area contributed by atoms with Gasteiger partial charge in [0.1, 0.15) is 5.78 Å². The first-order chi connectivity index (χ1) is 5.13. The Morgan fingerprint density at radius 3 is 2.45 bits per heavy atom. The van der Waals surface area contributed by atoms with Gasteiger partial charge in [0.2, 0.25) is 0 Å². The molecular formula is C8H13O3. The van der Waals surface area contributed by atoms with E-state index in [1.807, 2.05) is 0 Å². The molecule has 0 aliphatic heterocycles. The molecular weight excluding hydrogens is 144 g/mol. The van der Waals surface area contributed by atoms with Crippen molar-refractivity contribution < 1.29 is 14.3 Å². The van der Waals surface area contributed by atoms with Crippen molar-refractivity contribution in [2.45, 2.75) is 26.7 Å². The van der Waals surface area contributed by atoms with Gasteiger partial charge < -0.3 is 4.74 Å². The van der Waals surface area contributed by atoms with E-state index in [1.54, 1.807) is 6.42 Å². The lowest BCUT2D eigenvalue weighted by atomic mass is 10.2. The van der Waals surface area contributed by atoms with Gasteiger partial charge >= 0.3 is 5.97 Å². The third-order valence-corrected chi connectivity index (χ3v) is 1.09. The molecule has 1 radical (unpaired) electrons. The summed E-state index contributed by atoms with van der Waals surface area (Å²) >= 11 is 0. The van der Waals surface area contributed by atoms with E-state index in [0.29, 0.717) is 13.0 Å². The summed E-state index contributed by atoms with van der Waals surface area (Å²) in [5, 5.41) is 0. The Bertz CT molecular complexity index is 124. The lowest BCUT2D eigenvalue weighted by Crippen LogP contribution is -2.01. The van der Waals surface area contributed by atoms with Gasteiger partial charge in [0, 0.05) is 13.3 Å². The number of ketones is 1. The Hall–Kier alpha value is -0.860. The highest BCUT2D eigenvalue weighted by Gasteiger charge is 1.95. The molecule has 0 aromatic heterocycles. The fraction of sp³-hybridized carbons (Fsp3) is 0.625. The summed E-state index contributed by atoms with van der Waals surface area (Å²) < 4.78 is 4.65. The van der Waals surface area contributed by atoms with Crippen molar-refractivity contribution in [2.24, 2.45) is 0 Å². The average Bonchev–Trinajstić information content (AvgIpc) is 1.85. The molecule has 63 valence electrons. The fourth-order valence-corrected chi connectivity index (χ4v) is 0.605. The van der Waals surface area contributed by atoms with Crippen LogP contribution in [-0.4, -0.2) is 18.4 Å². The number of hydrogen-bond donors (Lipinski definition) is 0. The van der Waals surface area contributed by atoms with E-state index in [1.165, 1.54) is 13.8 Å². The van der Waals surface area contributed by atoms with Crippen LogP contribution in [0, 0.1) is 6.42 Å². The van der Waals surface area contributed by atoms with E-state index in [2.05, 4.69) is 4.74 Å². The molecule has 0 N–H and O–H groups in total. The molecule has 0 amide bonds. The fourth-order valence-electron chi connectivity index (χ4n) is 0.605. The molecule has 0 heterocycles. The van der Waals surface area contributed by atoms with Gasteiger partial charge in [-0.1, -0.05) is 0 Å². The highest BCUT2D eigenvalue weighted by molar-refractivity contribution is 5.84. The molecule has 0 rings (SSSR count). The quantitative estimate of drug-likeness (QED) is 0.443. The van der Waals surface area contributed by atoms with Gasteiger partial charge in [0.05, 0.1) is 6.61 Å². The first-order valence-electron chi connectivity index (χ1n) is 3.60. The minimum Gasteiger partial charge on any atom is -0.466 e. The number of ether oxygens (including phenoxy) is 1. The summed E-state index contributed by atoms with van der Waals surface area (Å²) in [6, 6.07) is 0. The zero-order chi connectivity index (χ0) is 8.69. The summed E-state index contributed by atoms with van der Waals surface area (Å²) in [4.78, 5) is 20.6. The number of carbonyl (C=O) groups is 2. The molecule has 0 spiro atoms. The first-order valence-corrected chi connectivity index (χ1v) is 3.60. The van der Waals surface area contributed by atoms with E-state index in [-0.39, 0.29) is 11.8 Å². The van der Waals surface area contributed by atoms with Crippen molar-refractivity contribution in [1.29, 1.82) is 0 Å². The van der Waals surface area contributed by atoms with E-state index >= 15 is 0 Å². The molecule has 0 aliphatic carbocycles. The van der Waals surface area contributed by atoms with Crippen molar-refractivity contribution in [2.75, 3.05) is 6.61 Å². The highest BCUT2D eigenvalue weighted by Crippen LogP contribution is 1.95. The van der Waals surface area contributed by atoms with Crippen LogP contribution < -0.4 is 0 Å². The van der Waals surface area contributed by atoms with E-state index < -0.39 is 0 Å². The molecule has 0 atom stereocenters. The number of rotatable bonds is 5. The van der Waals surface area contributed by atoms with E-state index in [0.717, 1.165) is 6.42 Å². The predicted molar refractivity (Wildman–Crippen MR) is 40.8 cm³/mol. The molecule has 0 aromatic carbocycles. The van der Waals surface area contributed by atoms with Crippen molar-refractivity contribution >= 4 is 11.8 Å². The summed E-state index contributed by atoms with van der Waals surface area (Å²) in [5.74, 6) is -0.208. The normalized spacial score (nSPS) is 9.27. The van der Waals surface area contributed by atoms with Crippen molar-refractivity contribution in [3.63, 3.8) is 0 Å². The average molecular weight is 157 g/mol. The number of esters is 1.